The molecule has 1 aliphatic carbocycles. The van der Waals surface area contributed by atoms with Crippen LogP contribution in [0.3, 0.4) is 0 Å². The Balaban J connectivity index is 1.37. The summed E-state index contributed by atoms with van der Waals surface area (Å²) in [5.74, 6) is 2.24. The zero-order valence-corrected chi connectivity index (χ0v) is 16.1. The SMILES string of the molecule is Cc1c(Cl)cc(OC[C@H]2C[C@@H]2c2ccccn2)nc1NCc1cnn(C)c1. The van der Waals surface area contributed by atoms with Crippen LogP contribution in [-0.2, 0) is 13.6 Å². The van der Waals surface area contributed by atoms with E-state index in [9.17, 15) is 0 Å². The summed E-state index contributed by atoms with van der Waals surface area (Å²) in [5, 5.41) is 8.14. The van der Waals surface area contributed by atoms with Crippen LogP contribution in [0.5, 0.6) is 5.88 Å². The normalized spacial score (nSPS) is 18.3. The molecule has 1 fully saturated rings. The fourth-order valence-electron chi connectivity index (χ4n) is 3.13. The van der Waals surface area contributed by atoms with Crippen molar-refractivity contribution in [3.8, 4) is 5.88 Å². The molecule has 0 aliphatic heterocycles. The fourth-order valence-corrected chi connectivity index (χ4v) is 3.32. The Morgan fingerprint density at radius 2 is 2.26 bits per heavy atom. The molecule has 6 nitrogen and oxygen atoms in total. The van der Waals surface area contributed by atoms with Crippen LogP contribution in [0.15, 0.2) is 42.9 Å². The number of aromatic nitrogens is 4. The number of aryl methyl sites for hydroxylation is 1. The average Bonchev–Trinajstić information content (AvgIpc) is 3.34. The maximum absolute atomic E-state index is 6.37. The fraction of sp³-hybridized carbons (Fsp3) is 0.350. The van der Waals surface area contributed by atoms with E-state index in [2.05, 4.69) is 26.4 Å². The summed E-state index contributed by atoms with van der Waals surface area (Å²) in [6.45, 7) is 3.20. The Morgan fingerprint density at radius 3 is 3.00 bits per heavy atom. The molecule has 0 saturated heterocycles. The van der Waals surface area contributed by atoms with Crippen molar-refractivity contribution in [3.63, 3.8) is 0 Å². The topological polar surface area (TPSA) is 64.9 Å². The van der Waals surface area contributed by atoms with E-state index in [1.165, 1.54) is 0 Å². The predicted molar refractivity (Wildman–Crippen MR) is 105 cm³/mol. The van der Waals surface area contributed by atoms with E-state index in [1.807, 2.05) is 44.7 Å². The minimum absolute atomic E-state index is 0.480. The van der Waals surface area contributed by atoms with E-state index in [1.54, 1.807) is 10.7 Å². The summed E-state index contributed by atoms with van der Waals surface area (Å²) in [4.78, 5) is 9.02. The Labute approximate surface area is 163 Å². The number of ether oxygens (including phenoxy) is 1. The van der Waals surface area contributed by atoms with Crippen LogP contribution < -0.4 is 10.1 Å². The number of rotatable bonds is 7. The van der Waals surface area contributed by atoms with Crippen molar-refractivity contribution in [1.82, 2.24) is 19.7 Å². The van der Waals surface area contributed by atoms with Crippen LogP contribution in [-0.4, -0.2) is 26.4 Å². The molecule has 27 heavy (non-hydrogen) atoms. The Bertz CT molecular complexity index is 927. The Morgan fingerprint density at radius 1 is 1.37 bits per heavy atom. The molecular formula is C20H22ClN5O. The van der Waals surface area contributed by atoms with E-state index >= 15 is 0 Å². The second-order valence-electron chi connectivity index (χ2n) is 6.96. The zero-order valence-electron chi connectivity index (χ0n) is 15.4. The number of nitrogens with zero attached hydrogens (tertiary/aromatic N) is 4. The molecule has 1 saturated carbocycles. The first-order chi connectivity index (χ1) is 13.1. The quantitative estimate of drug-likeness (QED) is 0.668. The Kier molecular flexibility index (Phi) is 4.99. The molecule has 1 N–H and O–H groups in total. The third kappa shape index (κ3) is 4.22. The molecule has 0 unspecified atom stereocenters. The van der Waals surface area contributed by atoms with Gasteiger partial charge in [-0.1, -0.05) is 17.7 Å². The first kappa shape index (κ1) is 17.8. The molecule has 7 heteroatoms. The molecule has 3 aromatic heterocycles. The van der Waals surface area contributed by atoms with Gasteiger partial charge in [0.1, 0.15) is 5.82 Å². The van der Waals surface area contributed by atoms with Crippen LogP contribution in [0.2, 0.25) is 5.02 Å². The number of nitrogens with one attached hydrogen (secondary N) is 1. The lowest BCUT2D eigenvalue weighted by molar-refractivity contribution is 0.286. The highest BCUT2D eigenvalue weighted by molar-refractivity contribution is 6.31. The monoisotopic (exact) mass is 383 g/mol. The Hall–Kier alpha value is -2.60. The van der Waals surface area contributed by atoms with E-state index < -0.39 is 0 Å². The largest absolute Gasteiger partial charge is 0.477 e. The molecule has 0 spiro atoms. The number of anilines is 1. The molecule has 3 aromatic rings. The molecule has 0 amide bonds. The van der Waals surface area contributed by atoms with Crippen molar-refractivity contribution in [2.45, 2.75) is 25.8 Å². The first-order valence-corrected chi connectivity index (χ1v) is 9.40. The number of hydrogen-bond donors (Lipinski definition) is 1. The van der Waals surface area contributed by atoms with E-state index in [4.69, 9.17) is 16.3 Å². The van der Waals surface area contributed by atoms with Gasteiger partial charge in [-0.25, -0.2) is 0 Å². The van der Waals surface area contributed by atoms with Crippen molar-refractivity contribution >= 4 is 17.4 Å². The standard InChI is InChI=1S/C20H22ClN5O/c1-13-17(21)8-19(25-20(13)23-9-14-10-24-26(2)11-14)27-12-15-7-16(15)18-5-3-4-6-22-18/h3-6,8,10-11,15-16H,7,9,12H2,1-2H3,(H,23,25)/t15-,16+/m1/s1. The highest BCUT2D eigenvalue weighted by Crippen LogP contribution is 2.46. The second-order valence-corrected chi connectivity index (χ2v) is 7.37. The minimum Gasteiger partial charge on any atom is -0.477 e. The zero-order chi connectivity index (χ0) is 18.8. The highest BCUT2D eigenvalue weighted by Gasteiger charge is 2.39. The van der Waals surface area contributed by atoms with Crippen LogP contribution in [0.25, 0.3) is 0 Å². The summed E-state index contributed by atoms with van der Waals surface area (Å²) in [6, 6.07) is 7.83. The van der Waals surface area contributed by atoms with Gasteiger partial charge in [0.05, 0.1) is 17.8 Å². The third-order valence-electron chi connectivity index (χ3n) is 4.84. The summed E-state index contributed by atoms with van der Waals surface area (Å²) < 4.78 is 7.71. The van der Waals surface area contributed by atoms with E-state index in [0.717, 1.165) is 29.1 Å². The van der Waals surface area contributed by atoms with Crippen molar-refractivity contribution < 1.29 is 4.74 Å². The number of hydrogen-bond acceptors (Lipinski definition) is 5. The van der Waals surface area contributed by atoms with Gasteiger partial charge in [0.2, 0.25) is 5.88 Å². The third-order valence-corrected chi connectivity index (χ3v) is 5.23. The van der Waals surface area contributed by atoms with Crippen molar-refractivity contribution in [1.29, 1.82) is 0 Å². The lowest BCUT2D eigenvalue weighted by atomic mass is 10.2. The maximum Gasteiger partial charge on any atom is 0.216 e. The van der Waals surface area contributed by atoms with Gasteiger partial charge >= 0.3 is 0 Å². The summed E-state index contributed by atoms with van der Waals surface area (Å²) >= 11 is 6.37. The molecule has 0 aromatic carbocycles. The highest BCUT2D eigenvalue weighted by atomic mass is 35.5. The van der Waals surface area contributed by atoms with Crippen molar-refractivity contribution in [2.75, 3.05) is 11.9 Å². The number of pyridine rings is 2. The molecule has 0 bridgehead atoms. The summed E-state index contributed by atoms with van der Waals surface area (Å²) in [5.41, 5.74) is 3.13. The summed E-state index contributed by atoms with van der Waals surface area (Å²) in [6.07, 6.45) is 6.74. The molecule has 3 heterocycles. The van der Waals surface area contributed by atoms with Gasteiger partial charge in [-0.3, -0.25) is 9.67 Å². The predicted octanol–water partition coefficient (Wildman–Crippen LogP) is 3.97. The molecule has 2 atom stereocenters. The summed E-state index contributed by atoms with van der Waals surface area (Å²) in [7, 11) is 1.90. The van der Waals surface area contributed by atoms with Gasteiger partial charge in [0.25, 0.3) is 0 Å². The van der Waals surface area contributed by atoms with Crippen LogP contribution >= 0.6 is 11.6 Å². The lowest BCUT2D eigenvalue weighted by Gasteiger charge is -2.12. The van der Waals surface area contributed by atoms with Gasteiger partial charge in [0, 0.05) is 60.7 Å². The van der Waals surface area contributed by atoms with Gasteiger partial charge in [0.15, 0.2) is 0 Å². The molecule has 4 rings (SSSR count). The average molecular weight is 384 g/mol. The van der Waals surface area contributed by atoms with Gasteiger partial charge in [-0.05, 0) is 25.5 Å². The first-order valence-electron chi connectivity index (χ1n) is 9.02. The molecule has 1 aliphatic rings. The van der Waals surface area contributed by atoms with Crippen molar-refractivity contribution in [3.05, 3.63) is 64.7 Å². The molecular weight excluding hydrogens is 362 g/mol. The lowest BCUT2D eigenvalue weighted by Crippen LogP contribution is -2.07. The van der Waals surface area contributed by atoms with Crippen molar-refractivity contribution in [2.24, 2.45) is 13.0 Å². The van der Waals surface area contributed by atoms with Gasteiger partial charge in [-0.2, -0.15) is 10.1 Å². The van der Waals surface area contributed by atoms with Crippen LogP contribution in [0, 0.1) is 12.8 Å². The van der Waals surface area contributed by atoms with E-state index in [-0.39, 0.29) is 0 Å². The van der Waals surface area contributed by atoms with Gasteiger partial charge < -0.3 is 10.1 Å². The number of halogens is 1. The minimum atomic E-state index is 0.480. The van der Waals surface area contributed by atoms with Gasteiger partial charge in [-0.15, -0.1) is 0 Å². The second kappa shape index (κ2) is 7.56. The smallest absolute Gasteiger partial charge is 0.216 e. The van der Waals surface area contributed by atoms with E-state index in [0.29, 0.717) is 35.9 Å². The van der Waals surface area contributed by atoms with Crippen LogP contribution in [0.4, 0.5) is 5.82 Å². The molecule has 140 valence electrons. The maximum atomic E-state index is 6.37. The molecule has 0 radical (unpaired) electrons. The van der Waals surface area contributed by atoms with Crippen LogP contribution in [0.1, 0.15) is 29.2 Å².